The summed E-state index contributed by atoms with van der Waals surface area (Å²) in [7, 11) is 0. The lowest BCUT2D eigenvalue weighted by Gasteiger charge is -2.19. The molecule has 0 fully saturated rings. The van der Waals surface area contributed by atoms with Crippen LogP contribution in [0.5, 0.6) is 11.5 Å². The molecule has 1 heterocycles. The lowest BCUT2D eigenvalue weighted by molar-refractivity contribution is -0.119. The van der Waals surface area contributed by atoms with Crippen molar-refractivity contribution in [1.29, 1.82) is 0 Å². The van der Waals surface area contributed by atoms with Gasteiger partial charge in [-0.1, -0.05) is 30.3 Å². The number of nitrogens with one attached hydrogen (secondary N) is 2. The molecular weight excluding hydrogens is 292 g/mol. The molecule has 2 aromatic carbocycles. The first-order valence-electron chi connectivity index (χ1n) is 7.75. The van der Waals surface area contributed by atoms with Crippen LogP contribution in [-0.2, 0) is 11.2 Å². The van der Waals surface area contributed by atoms with Gasteiger partial charge in [-0.15, -0.1) is 0 Å². The summed E-state index contributed by atoms with van der Waals surface area (Å²) in [6, 6.07) is 15.7. The summed E-state index contributed by atoms with van der Waals surface area (Å²) >= 11 is 0. The Morgan fingerprint density at radius 1 is 1.00 bits per heavy atom. The summed E-state index contributed by atoms with van der Waals surface area (Å²) in [5.74, 6) is 1.43. The Labute approximate surface area is 135 Å². The summed E-state index contributed by atoms with van der Waals surface area (Å²) in [5.41, 5.74) is 2.06. The molecule has 1 amide bonds. The highest BCUT2D eigenvalue weighted by molar-refractivity contribution is 5.80. The lowest BCUT2D eigenvalue weighted by Crippen LogP contribution is -2.31. The summed E-state index contributed by atoms with van der Waals surface area (Å²) in [4.78, 5) is 11.9. The minimum Gasteiger partial charge on any atom is -0.486 e. The smallest absolute Gasteiger partial charge is 0.239 e. The fourth-order valence-electron chi connectivity index (χ4n) is 2.39. The second-order valence-corrected chi connectivity index (χ2v) is 5.30. The number of hydrogen-bond donors (Lipinski definition) is 2. The highest BCUT2D eigenvalue weighted by atomic mass is 16.6. The molecule has 0 unspecified atom stereocenters. The van der Waals surface area contributed by atoms with E-state index in [2.05, 4.69) is 22.8 Å². The third-order valence-corrected chi connectivity index (χ3v) is 3.57. The quantitative estimate of drug-likeness (QED) is 0.859. The van der Waals surface area contributed by atoms with Crippen LogP contribution >= 0.6 is 0 Å². The van der Waals surface area contributed by atoms with Gasteiger partial charge in [0, 0.05) is 18.3 Å². The van der Waals surface area contributed by atoms with Crippen LogP contribution in [-0.4, -0.2) is 32.2 Å². The number of fused-ring (bicyclic) bond motifs is 1. The van der Waals surface area contributed by atoms with Gasteiger partial charge in [0.05, 0.1) is 6.54 Å². The summed E-state index contributed by atoms with van der Waals surface area (Å²) < 4.78 is 11.0. The Hall–Kier alpha value is -2.69. The third kappa shape index (κ3) is 4.39. The van der Waals surface area contributed by atoms with E-state index in [0.717, 1.165) is 17.9 Å². The molecule has 5 heteroatoms. The highest BCUT2D eigenvalue weighted by Crippen LogP contribution is 2.32. The van der Waals surface area contributed by atoms with E-state index in [1.54, 1.807) is 0 Å². The van der Waals surface area contributed by atoms with E-state index >= 15 is 0 Å². The van der Waals surface area contributed by atoms with Gasteiger partial charge in [-0.2, -0.15) is 0 Å². The van der Waals surface area contributed by atoms with Crippen molar-refractivity contribution in [3.63, 3.8) is 0 Å². The molecular formula is C18H20N2O3. The average molecular weight is 312 g/mol. The molecule has 0 aliphatic carbocycles. The normalized spacial score (nSPS) is 12.5. The van der Waals surface area contributed by atoms with Gasteiger partial charge in [0.1, 0.15) is 13.2 Å². The lowest BCUT2D eigenvalue weighted by atomic mass is 10.1. The molecule has 0 bridgehead atoms. The minimum atomic E-state index is -0.0316. The Balaban J connectivity index is 1.42. The van der Waals surface area contributed by atoms with Gasteiger partial charge >= 0.3 is 0 Å². The van der Waals surface area contributed by atoms with Crippen LogP contribution in [0, 0.1) is 0 Å². The first-order valence-corrected chi connectivity index (χ1v) is 7.75. The van der Waals surface area contributed by atoms with Crippen molar-refractivity contribution in [1.82, 2.24) is 5.32 Å². The molecule has 5 nitrogen and oxygen atoms in total. The average Bonchev–Trinajstić information content (AvgIpc) is 2.61. The number of carbonyl (C=O) groups excluding carboxylic acids is 1. The van der Waals surface area contributed by atoms with Crippen molar-refractivity contribution in [3.05, 3.63) is 54.1 Å². The van der Waals surface area contributed by atoms with Crippen molar-refractivity contribution in [2.75, 3.05) is 31.6 Å². The molecule has 2 N–H and O–H groups in total. The van der Waals surface area contributed by atoms with E-state index in [1.165, 1.54) is 5.56 Å². The molecule has 0 saturated heterocycles. The fourth-order valence-corrected chi connectivity index (χ4v) is 2.39. The number of hydrogen-bond acceptors (Lipinski definition) is 4. The first kappa shape index (κ1) is 15.2. The minimum absolute atomic E-state index is 0.0316. The largest absolute Gasteiger partial charge is 0.486 e. The molecule has 1 aliphatic rings. The molecule has 0 radical (unpaired) electrons. The number of benzene rings is 2. The Kier molecular flexibility index (Phi) is 4.99. The SMILES string of the molecule is O=C(CNc1ccc2c(c1)OCCO2)NCCc1ccccc1. The van der Waals surface area contributed by atoms with Crippen molar-refractivity contribution >= 4 is 11.6 Å². The first-order chi connectivity index (χ1) is 11.3. The maximum Gasteiger partial charge on any atom is 0.239 e. The van der Waals surface area contributed by atoms with E-state index in [-0.39, 0.29) is 12.5 Å². The van der Waals surface area contributed by atoms with Crippen molar-refractivity contribution in [2.24, 2.45) is 0 Å². The number of ether oxygens (including phenoxy) is 2. The van der Waals surface area contributed by atoms with Crippen LogP contribution in [0.15, 0.2) is 48.5 Å². The van der Waals surface area contributed by atoms with Gasteiger partial charge < -0.3 is 20.1 Å². The van der Waals surface area contributed by atoms with Crippen LogP contribution in [0.3, 0.4) is 0 Å². The molecule has 2 aromatic rings. The number of amides is 1. The van der Waals surface area contributed by atoms with Gasteiger partial charge in [-0.05, 0) is 24.1 Å². The second kappa shape index (κ2) is 7.54. The van der Waals surface area contributed by atoms with Crippen LogP contribution in [0.2, 0.25) is 0 Å². The number of carbonyl (C=O) groups is 1. The van der Waals surface area contributed by atoms with Crippen molar-refractivity contribution in [3.8, 4) is 11.5 Å². The molecule has 23 heavy (non-hydrogen) atoms. The molecule has 3 rings (SSSR count). The molecule has 120 valence electrons. The predicted molar refractivity (Wildman–Crippen MR) is 89.1 cm³/mol. The highest BCUT2D eigenvalue weighted by Gasteiger charge is 2.11. The van der Waals surface area contributed by atoms with E-state index in [1.807, 2.05) is 36.4 Å². The van der Waals surface area contributed by atoms with E-state index in [0.29, 0.717) is 25.5 Å². The molecule has 0 spiro atoms. The van der Waals surface area contributed by atoms with Gasteiger partial charge in [0.15, 0.2) is 11.5 Å². The number of anilines is 1. The van der Waals surface area contributed by atoms with Crippen LogP contribution < -0.4 is 20.1 Å². The van der Waals surface area contributed by atoms with Crippen LogP contribution in [0.1, 0.15) is 5.56 Å². The maximum absolute atomic E-state index is 11.9. The van der Waals surface area contributed by atoms with E-state index < -0.39 is 0 Å². The second-order valence-electron chi connectivity index (χ2n) is 5.30. The van der Waals surface area contributed by atoms with E-state index in [4.69, 9.17) is 9.47 Å². The van der Waals surface area contributed by atoms with E-state index in [9.17, 15) is 4.79 Å². The molecule has 1 aliphatic heterocycles. The van der Waals surface area contributed by atoms with Crippen molar-refractivity contribution < 1.29 is 14.3 Å². The Morgan fingerprint density at radius 2 is 1.78 bits per heavy atom. The molecule has 0 saturated carbocycles. The van der Waals surface area contributed by atoms with Crippen LogP contribution in [0.25, 0.3) is 0 Å². The van der Waals surface area contributed by atoms with Gasteiger partial charge in [-0.25, -0.2) is 0 Å². The summed E-state index contributed by atoms with van der Waals surface area (Å²) in [6.07, 6.45) is 0.830. The fraction of sp³-hybridized carbons (Fsp3) is 0.278. The summed E-state index contributed by atoms with van der Waals surface area (Å²) in [5, 5.41) is 6.00. The zero-order valence-electron chi connectivity index (χ0n) is 12.9. The number of rotatable bonds is 6. The van der Waals surface area contributed by atoms with Crippen molar-refractivity contribution in [2.45, 2.75) is 6.42 Å². The van der Waals surface area contributed by atoms with Gasteiger partial charge in [0.25, 0.3) is 0 Å². The topological polar surface area (TPSA) is 59.6 Å². The molecule has 0 aromatic heterocycles. The van der Waals surface area contributed by atoms with Gasteiger partial charge in [-0.3, -0.25) is 4.79 Å². The summed E-state index contributed by atoms with van der Waals surface area (Å²) in [6.45, 7) is 1.99. The standard InChI is InChI=1S/C18H20N2O3/c21-18(19-9-8-14-4-2-1-3-5-14)13-20-15-6-7-16-17(12-15)23-11-10-22-16/h1-7,12,20H,8-11,13H2,(H,19,21). The zero-order chi connectivity index (χ0) is 15.9. The zero-order valence-corrected chi connectivity index (χ0v) is 12.9. The predicted octanol–water partition coefficient (Wildman–Crippen LogP) is 2.23. The monoisotopic (exact) mass is 312 g/mol. The van der Waals surface area contributed by atoms with Crippen LogP contribution in [0.4, 0.5) is 5.69 Å². The maximum atomic E-state index is 11.9. The Morgan fingerprint density at radius 3 is 2.61 bits per heavy atom. The van der Waals surface area contributed by atoms with Gasteiger partial charge in [0.2, 0.25) is 5.91 Å². The molecule has 0 atom stereocenters. The third-order valence-electron chi connectivity index (χ3n) is 3.57. The Bertz CT molecular complexity index is 659.